The molecule has 1 aromatic rings. The van der Waals surface area contributed by atoms with E-state index in [2.05, 4.69) is 5.32 Å². The van der Waals surface area contributed by atoms with Crippen LogP contribution in [0.3, 0.4) is 0 Å². The van der Waals surface area contributed by atoms with Crippen molar-refractivity contribution in [3.05, 3.63) is 23.8 Å². The Labute approximate surface area is 126 Å². The lowest BCUT2D eigenvalue weighted by Crippen LogP contribution is -2.45. The fourth-order valence-corrected chi connectivity index (χ4v) is 2.41. The number of hydrogen-bond acceptors (Lipinski definition) is 4. The third kappa shape index (κ3) is 3.67. The van der Waals surface area contributed by atoms with Crippen LogP contribution < -0.4 is 20.5 Å². The van der Waals surface area contributed by atoms with E-state index in [-0.39, 0.29) is 5.91 Å². The second kappa shape index (κ2) is 7.88. The van der Waals surface area contributed by atoms with E-state index in [1.807, 2.05) is 32.0 Å². The fourth-order valence-electron chi connectivity index (χ4n) is 2.41. The predicted molar refractivity (Wildman–Crippen MR) is 83.5 cm³/mol. The summed E-state index contributed by atoms with van der Waals surface area (Å²) in [5.41, 5.74) is 6.18. The number of rotatable bonds is 8. The molecule has 0 saturated carbocycles. The highest BCUT2D eigenvalue weighted by molar-refractivity contribution is 5.82. The van der Waals surface area contributed by atoms with Gasteiger partial charge in [0.1, 0.15) is 0 Å². The molecule has 0 aliphatic carbocycles. The van der Waals surface area contributed by atoms with Crippen LogP contribution in [0.15, 0.2) is 18.2 Å². The first kappa shape index (κ1) is 17.3. The van der Waals surface area contributed by atoms with E-state index in [1.54, 1.807) is 14.2 Å². The summed E-state index contributed by atoms with van der Waals surface area (Å²) in [6, 6.07) is 5.61. The Morgan fingerprint density at radius 2 is 1.90 bits per heavy atom. The molecule has 118 valence electrons. The molecule has 0 heterocycles. The van der Waals surface area contributed by atoms with Crippen LogP contribution in [-0.4, -0.2) is 26.7 Å². The first-order chi connectivity index (χ1) is 10.1. The van der Waals surface area contributed by atoms with Crippen LogP contribution in [0.5, 0.6) is 11.5 Å². The van der Waals surface area contributed by atoms with Crippen molar-refractivity contribution in [2.45, 2.75) is 33.2 Å². The predicted octanol–water partition coefficient (Wildman–Crippen LogP) is 2.09. The molecule has 5 nitrogen and oxygen atoms in total. The van der Waals surface area contributed by atoms with Crippen LogP contribution in [-0.2, 0) is 11.3 Å². The molecule has 1 amide bonds. The number of benzene rings is 1. The van der Waals surface area contributed by atoms with E-state index in [1.165, 1.54) is 0 Å². The molecule has 0 atom stereocenters. The quantitative estimate of drug-likeness (QED) is 0.770. The maximum atomic E-state index is 12.4. The molecule has 0 fully saturated rings. The van der Waals surface area contributed by atoms with E-state index < -0.39 is 5.41 Å². The summed E-state index contributed by atoms with van der Waals surface area (Å²) in [6.07, 6.45) is 1.45. The average molecular weight is 294 g/mol. The summed E-state index contributed by atoms with van der Waals surface area (Å²) < 4.78 is 10.6. The van der Waals surface area contributed by atoms with Crippen molar-refractivity contribution in [2.24, 2.45) is 11.1 Å². The van der Waals surface area contributed by atoms with E-state index in [4.69, 9.17) is 15.2 Å². The SMILES string of the molecule is CCC(CC)(CN)C(=O)NCc1cccc(OC)c1OC. The fraction of sp³-hybridized carbons (Fsp3) is 0.562. The van der Waals surface area contributed by atoms with Crippen molar-refractivity contribution >= 4 is 5.91 Å². The standard InChI is InChI=1S/C16H26N2O3/c1-5-16(6-2,11-17)15(19)18-10-12-8-7-9-13(20-3)14(12)21-4/h7-9H,5-6,10-11,17H2,1-4H3,(H,18,19). The van der Waals surface area contributed by atoms with Crippen LogP contribution >= 0.6 is 0 Å². The smallest absolute Gasteiger partial charge is 0.227 e. The largest absolute Gasteiger partial charge is 0.493 e. The van der Waals surface area contributed by atoms with Gasteiger partial charge in [-0.05, 0) is 18.9 Å². The molecule has 0 unspecified atom stereocenters. The summed E-state index contributed by atoms with van der Waals surface area (Å²) >= 11 is 0. The van der Waals surface area contributed by atoms with Gasteiger partial charge in [0.2, 0.25) is 5.91 Å². The first-order valence-electron chi connectivity index (χ1n) is 7.26. The molecule has 21 heavy (non-hydrogen) atoms. The van der Waals surface area contributed by atoms with Crippen LogP contribution in [0.25, 0.3) is 0 Å². The van der Waals surface area contributed by atoms with Gasteiger partial charge in [0.15, 0.2) is 11.5 Å². The zero-order valence-electron chi connectivity index (χ0n) is 13.4. The van der Waals surface area contributed by atoms with Crippen molar-refractivity contribution in [3.8, 4) is 11.5 Å². The third-order valence-electron chi connectivity index (χ3n) is 4.15. The van der Waals surface area contributed by atoms with Gasteiger partial charge in [-0.1, -0.05) is 26.0 Å². The van der Waals surface area contributed by atoms with Gasteiger partial charge in [0.05, 0.1) is 19.6 Å². The molecule has 0 saturated heterocycles. The van der Waals surface area contributed by atoms with E-state index in [0.29, 0.717) is 24.6 Å². The number of para-hydroxylation sites is 1. The Bertz CT molecular complexity index is 462. The highest BCUT2D eigenvalue weighted by atomic mass is 16.5. The summed E-state index contributed by atoms with van der Waals surface area (Å²) in [5.74, 6) is 1.28. The highest BCUT2D eigenvalue weighted by Gasteiger charge is 2.33. The molecule has 0 aliphatic heterocycles. The molecule has 0 spiro atoms. The minimum atomic E-state index is -0.494. The second-order valence-electron chi connectivity index (χ2n) is 5.03. The van der Waals surface area contributed by atoms with Gasteiger partial charge in [0, 0.05) is 18.7 Å². The summed E-state index contributed by atoms with van der Waals surface area (Å²) in [6.45, 7) is 4.71. The van der Waals surface area contributed by atoms with E-state index >= 15 is 0 Å². The monoisotopic (exact) mass is 294 g/mol. The minimum Gasteiger partial charge on any atom is -0.493 e. The molecule has 1 aromatic carbocycles. The maximum Gasteiger partial charge on any atom is 0.227 e. The molecular weight excluding hydrogens is 268 g/mol. The van der Waals surface area contributed by atoms with Crippen molar-refractivity contribution in [1.82, 2.24) is 5.32 Å². The molecular formula is C16H26N2O3. The van der Waals surface area contributed by atoms with Gasteiger partial charge < -0.3 is 20.5 Å². The van der Waals surface area contributed by atoms with Crippen LogP contribution in [0.2, 0.25) is 0 Å². The van der Waals surface area contributed by atoms with E-state index in [9.17, 15) is 4.79 Å². The lowest BCUT2D eigenvalue weighted by molar-refractivity contribution is -0.131. The summed E-state index contributed by atoms with van der Waals surface area (Å²) in [5, 5.41) is 2.96. The molecule has 0 radical (unpaired) electrons. The van der Waals surface area contributed by atoms with Crippen LogP contribution in [0.1, 0.15) is 32.3 Å². The number of carbonyl (C=O) groups excluding carboxylic acids is 1. The minimum absolute atomic E-state index is 0.0140. The Morgan fingerprint density at radius 3 is 2.38 bits per heavy atom. The van der Waals surface area contributed by atoms with Crippen LogP contribution in [0.4, 0.5) is 0 Å². The van der Waals surface area contributed by atoms with Crippen molar-refractivity contribution in [3.63, 3.8) is 0 Å². The molecule has 0 bridgehead atoms. The summed E-state index contributed by atoms with van der Waals surface area (Å²) in [4.78, 5) is 12.4. The average Bonchev–Trinajstić information content (AvgIpc) is 2.54. The zero-order valence-corrected chi connectivity index (χ0v) is 13.4. The van der Waals surface area contributed by atoms with Crippen molar-refractivity contribution in [2.75, 3.05) is 20.8 Å². The Kier molecular flexibility index (Phi) is 6.49. The van der Waals surface area contributed by atoms with Gasteiger partial charge in [-0.25, -0.2) is 0 Å². The number of nitrogens with two attached hydrogens (primary N) is 1. The summed E-state index contributed by atoms with van der Waals surface area (Å²) in [7, 11) is 3.18. The number of methoxy groups -OCH3 is 2. The second-order valence-corrected chi connectivity index (χ2v) is 5.03. The van der Waals surface area contributed by atoms with Crippen LogP contribution in [0, 0.1) is 5.41 Å². The first-order valence-corrected chi connectivity index (χ1v) is 7.26. The van der Waals surface area contributed by atoms with Gasteiger partial charge in [-0.2, -0.15) is 0 Å². The normalized spacial score (nSPS) is 11.1. The topological polar surface area (TPSA) is 73.6 Å². The maximum absolute atomic E-state index is 12.4. The lowest BCUT2D eigenvalue weighted by Gasteiger charge is -2.28. The molecule has 3 N–H and O–H groups in total. The van der Waals surface area contributed by atoms with Gasteiger partial charge in [-0.15, -0.1) is 0 Å². The van der Waals surface area contributed by atoms with Gasteiger partial charge in [-0.3, -0.25) is 4.79 Å². The Balaban J connectivity index is 2.86. The molecule has 0 aliphatic rings. The van der Waals surface area contributed by atoms with Crippen molar-refractivity contribution in [1.29, 1.82) is 0 Å². The van der Waals surface area contributed by atoms with Crippen molar-refractivity contribution < 1.29 is 14.3 Å². The molecule has 5 heteroatoms. The van der Waals surface area contributed by atoms with Gasteiger partial charge >= 0.3 is 0 Å². The zero-order chi connectivity index (χ0) is 15.9. The lowest BCUT2D eigenvalue weighted by atomic mass is 9.81. The number of hydrogen-bond donors (Lipinski definition) is 2. The van der Waals surface area contributed by atoms with E-state index in [0.717, 1.165) is 18.4 Å². The number of ether oxygens (including phenoxy) is 2. The number of nitrogens with one attached hydrogen (secondary N) is 1. The number of carbonyl (C=O) groups is 1. The molecule has 0 aromatic heterocycles. The Morgan fingerprint density at radius 1 is 1.24 bits per heavy atom. The third-order valence-corrected chi connectivity index (χ3v) is 4.15. The van der Waals surface area contributed by atoms with Gasteiger partial charge in [0.25, 0.3) is 0 Å². The Hall–Kier alpha value is -1.75. The number of amides is 1. The molecule has 1 rings (SSSR count). The highest BCUT2D eigenvalue weighted by Crippen LogP contribution is 2.31.